The molecule has 0 aliphatic carbocycles. The molecule has 244 valence electrons. The van der Waals surface area contributed by atoms with Gasteiger partial charge in [0, 0.05) is 42.3 Å². The van der Waals surface area contributed by atoms with Gasteiger partial charge in [-0.3, -0.25) is 0 Å². The van der Waals surface area contributed by atoms with E-state index in [2.05, 4.69) is 198 Å². The highest BCUT2D eigenvalue weighted by molar-refractivity contribution is 14.1. The maximum atomic E-state index is 5.45. The van der Waals surface area contributed by atoms with Crippen LogP contribution in [0.3, 0.4) is 0 Å². The second-order valence-corrected chi connectivity index (χ2v) is 14.4. The zero-order valence-electron chi connectivity index (χ0n) is 28.2. The number of hydrogen-bond acceptors (Lipinski definition) is 2. The molecular weight excluding hydrogens is 735 g/mol. The summed E-state index contributed by atoms with van der Waals surface area (Å²) in [6.07, 6.45) is 8.52. The fourth-order valence-corrected chi connectivity index (χ4v) is 7.41. The van der Waals surface area contributed by atoms with Gasteiger partial charge in [0.25, 0.3) is 0 Å². The van der Waals surface area contributed by atoms with E-state index in [0.29, 0.717) is 0 Å². The van der Waals surface area contributed by atoms with E-state index in [1.165, 1.54) is 14.7 Å². The lowest BCUT2D eigenvalue weighted by Gasteiger charge is -2.12. The molecule has 2 aliphatic rings. The monoisotopic (exact) mass is 768 g/mol. The summed E-state index contributed by atoms with van der Waals surface area (Å²) >= 11 is 2.37. The number of rotatable bonds is 4. The number of hydrogen-bond donors (Lipinski definition) is 2. The van der Waals surface area contributed by atoms with E-state index < -0.39 is 0 Å². The smallest absolute Gasteiger partial charge is 0.0737 e. The van der Waals surface area contributed by atoms with Gasteiger partial charge in [0.2, 0.25) is 0 Å². The molecule has 9 rings (SSSR count). The van der Waals surface area contributed by atoms with Crippen molar-refractivity contribution >= 4 is 69.0 Å². The van der Waals surface area contributed by atoms with Gasteiger partial charge in [0.1, 0.15) is 0 Å². The first-order valence-electron chi connectivity index (χ1n) is 17.1. The minimum atomic E-state index is 0.895. The quantitative estimate of drug-likeness (QED) is 0.175. The van der Waals surface area contributed by atoms with Crippen LogP contribution in [0.2, 0.25) is 0 Å². The van der Waals surface area contributed by atoms with Crippen LogP contribution in [0.5, 0.6) is 0 Å². The number of nitrogens with one attached hydrogen (secondary N) is 2. The Balaban J connectivity index is 1.43. The van der Waals surface area contributed by atoms with E-state index in [1.807, 2.05) is 0 Å². The zero-order valence-corrected chi connectivity index (χ0v) is 30.4. The number of nitrogens with zero attached hydrogens (tertiary/aromatic N) is 2. The van der Waals surface area contributed by atoms with Gasteiger partial charge >= 0.3 is 0 Å². The van der Waals surface area contributed by atoms with Gasteiger partial charge in [-0.1, -0.05) is 96.1 Å². The van der Waals surface area contributed by atoms with Gasteiger partial charge in [-0.25, -0.2) is 9.97 Å². The molecule has 8 bridgehead atoms. The Bertz CT molecular complexity index is 2650. The van der Waals surface area contributed by atoms with E-state index in [9.17, 15) is 0 Å². The van der Waals surface area contributed by atoms with Gasteiger partial charge in [-0.15, -0.1) is 0 Å². The van der Waals surface area contributed by atoms with Gasteiger partial charge in [0.15, 0.2) is 0 Å². The minimum Gasteiger partial charge on any atom is -0.355 e. The Morgan fingerprint density at radius 1 is 0.451 bits per heavy atom. The van der Waals surface area contributed by atoms with Crippen LogP contribution >= 0.6 is 22.6 Å². The normalized spacial score (nSPS) is 12.1. The zero-order chi connectivity index (χ0) is 34.5. The first kappa shape index (κ1) is 31.2. The molecule has 0 spiro atoms. The van der Waals surface area contributed by atoms with Crippen molar-refractivity contribution in [3.05, 3.63) is 165 Å². The first-order chi connectivity index (χ1) is 25.0. The molecule has 4 aromatic carbocycles. The fourth-order valence-electron chi connectivity index (χ4n) is 7.05. The number of H-pyrrole nitrogens is 2. The SMILES string of the molecule is Cc1ccc(-c2c3nc(c(-c4ccccc4-c4ccc(I)cc4)c4ccc([nH]4)c(-c4ccc(C)cc4)c4nc(cc5ccc2[nH]5)C=C4)C=C3)cc1. The molecule has 0 saturated heterocycles. The third kappa shape index (κ3) is 5.93. The molecule has 5 heterocycles. The number of aromatic amines is 2. The third-order valence-corrected chi connectivity index (χ3v) is 10.3. The number of fused-ring (bicyclic) bond motifs is 8. The Morgan fingerprint density at radius 2 is 0.961 bits per heavy atom. The van der Waals surface area contributed by atoms with Gasteiger partial charge in [0.05, 0.1) is 22.8 Å². The average molecular weight is 769 g/mol. The summed E-state index contributed by atoms with van der Waals surface area (Å²) in [5.74, 6) is 0. The number of aryl methyl sites for hydroxylation is 2. The minimum absolute atomic E-state index is 0.895. The largest absolute Gasteiger partial charge is 0.355 e. The highest BCUT2D eigenvalue weighted by atomic mass is 127. The van der Waals surface area contributed by atoms with Gasteiger partial charge in [-0.2, -0.15) is 0 Å². The molecule has 0 saturated carbocycles. The van der Waals surface area contributed by atoms with E-state index >= 15 is 0 Å². The van der Waals surface area contributed by atoms with Crippen molar-refractivity contribution in [2.45, 2.75) is 13.8 Å². The van der Waals surface area contributed by atoms with Crippen molar-refractivity contribution in [1.82, 2.24) is 19.9 Å². The summed E-state index contributed by atoms with van der Waals surface area (Å²) in [7, 11) is 0. The number of halogens is 1. The van der Waals surface area contributed by atoms with Crippen molar-refractivity contribution in [1.29, 1.82) is 0 Å². The molecule has 51 heavy (non-hydrogen) atoms. The van der Waals surface area contributed by atoms with Crippen molar-refractivity contribution in [3.63, 3.8) is 0 Å². The summed E-state index contributed by atoms with van der Waals surface area (Å²) in [6, 6.07) is 45.5. The molecule has 5 heteroatoms. The maximum absolute atomic E-state index is 5.45. The molecule has 4 nitrogen and oxygen atoms in total. The lowest BCUT2D eigenvalue weighted by molar-refractivity contribution is 1.31. The highest BCUT2D eigenvalue weighted by Gasteiger charge is 2.19. The molecule has 0 fully saturated rings. The van der Waals surface area contributed by atoms with Crippen molar-refractivity contribution < 1.29 is 0 Å². The van der Waals surface area contributed by atoms with E-state index in [4.69, 9.17) is 9.97 Å². The summed E-state index contributed by atoms with van der Waals surface area (Å²) in [5.41, 5.74) is 18.8. The van der Waals surface area contributed by atoms with E-state index in [1.54, 1.807) is 0 Å². The van der Waals surface area contributed by atoms with Crippen molar-refractivity contribution in [2.75, 3.05) is 0 Å². The van der Waals surface area contributed by atoms with Crippen molar-refractivity contribution in [3.8, 4) is 44.5 Å². The summed E-state index contributed by atoms with van der Waals surface area (Å²) in [6.45, 7) is 4.24. The number of aromatic nitrogens is 4. The fraction of sp³-hybridized carbons (Fsp3) is 0.0435. The van der Waals surface area contributed by atoms with Crippen LogP contribution in [-0.2, 0) is 0 Å². The second kappa shape index (κ2) is 12.8. The lowest BCUT2D eigenvalue weighted by atomic mass is 9.93. The predicted octanol–water partition coefficient (Wildman–Crippen LogP) is 12.5. The van der Waals surface area contributed by atoms with Crippen LogP contribution < -0.4 is 0 Å². The van der Waals surface area contributed by atoms with Crippen LogP contribution in [0.1, 0.15) is 33.9 Å². The number of benzene rings is 4. The van der Waals surface area contributed by atoms with Crippen LogP contribution in [0, 0.1) is 17.4 Å². The van der Waals surface area contributed by atoms with E-state index in [-0.39, 0.29) is 0 Å². The van der Waals surface area contributed by atoms with Crippen LogP contribution in [0.25, 0.3) is 90.9 Å². The Morgan fingerprint density at radius 3 is 1.63 bits per heavy atom. The Kier molecular flexibility index (Phi) is 7.85. The third-order valence-electron chi connectivity index (χ3n) is 9.61. The Labute approximate surface area is 310 Å². The van der Waals surface area contributed by atoms with Crippen molar-refractivity contribution in [2.24, 2.45) is 0 Å². The van der Waals surface area contributed by atoms with Crippen LogP contribution in [-0.4, -0.2) is 19.9 Å². The van der Waals surface area contributed by atoms with Crippen LogP contribution in [0.15, 0.2) is 127 Å². The lowest BCUT2D eigenvalue weighted by Crippen LogP contribution is -1.91. The molecule has 7 aromatic rings. The molecule has 2 N–H and O–H groups in total. The first-order valence-corrected chi connectivity index (χ1v) is 18.2. The highest BCUT2D eigenvalue weighted by Crippen LogP contribution is 2.40. The maximum Gasteiger partial charge on any atom is 0.0737 e. The molecular formula is C46H33IN4. The summed E-state index contributed by atoms with van der Waals surface area (Å²) in [5, 5.41) is 0. The predicted molar refractivity (Wildman–Crippen MR) is 223 cm³/mol. The van der Waals surface area contributed by atoms with Crippen LogP contribution in [0.4, 0.5) is 0 Å². The summed E-state index contributed by atoms with van der Waals surface area (Å²) in [4.78, 5) is 18.2. The molecule has 3 aromatic heterocycles. The van der Waals surface area contributed by atoms with E-state index in [0.717, 1.165) is 89.4 Å². The molecule has 0 radical (unpaired) electrons. The second-order valence-electron chi connectivity index (χ2n) is 13.1. The molecule has 0 atom stereocenters. The molecule has 0 amide bonds. The Hall–Kier alpha value is -5.79. The standard InChI is InChI=1S/C46H33IN4/c1-28-7-11-31(12-8-28)44-38-21-19-34(48-38)27-35-20-22-39(49-35)45(32-13-9-29(2)10-14-32)41-24-26-43(51-41)46(42-25-23-40(44)50-42)37-6-4-3-5-36(37)30-15-17-33(47)18-16-30/h3-27,48,51H,1-2H3. The average Bonchev–Trinajstić information content (AvgIpc) is 3.98. The molecule has 0 unspecified atom stereocenters. The topological polar surface area (TPSA) is 57.4 Å². The van der Waals surface area contributed by atoms with Gasteiger partial charge in [-0.05, 0) is 131 Å². The summed E-state index contributed by atoms with van der Waals surface area (Å²) < 4.78 is 1.20. The van der Waals surface area contributed by atoms with Gasteiger partial charge < -0.3 is 9.97 Å². The molecule has 2 aliphatic heterocycles.